The third kappa shape index (κ3) is 5.95. The van der Waals surface area contributed by atoms with Gasteiger partial charge in [-0.1, -0.05) is 24.3 Å². The van der Waals surface area contributed by atoms with Crippen molar-refractivity contribution in [2.45, 2.75) is 0 Å². The molecule has 7 heteroatoms. The third-order valence-electron chi connectivity index (χ3n) is 4.71. The Morgan fingerprint density at radius 3 is 1.81 bits per heavy atom. The van der Waals surface area contributed by atoms with E-state index < -0.39 is 0 Å². The number of pyridine rings is 3. The van der Waals surface area contributed by atoms with Gasteiger partial charge in [-0.25, -0.2) is 4.98 Å². The number of nitrogens with zero attached hydrogens (tertiary/aromatic N) is 3. The molecule has 162 valence electrons. The summed E-state index contributed by atoms with van der Waals surface area (Å²) >= 11 is 0. The lowest BCUT2D eigenvalue weighted by molar-refractivity contribution is 0.0808. The van der Waals surface area contributed by atoms with Gasteiger partial charge in [-0.15, -0.1) is 0 Å². The van der Waals surface area contributed by atoms with Gasteiger partial charge in [-0.05, 0) is 59.7 Å². The summed E-state index contributed by atoms with van der Waals surface area (Å²) in [6.45, 7) is 2.09. The number of hydrogen-bond donors (Lipinski definition) is 0. The zero-order chi connectivity index (χ0) is 22.0. The summed E-state index contributed by atoms with van der Waals surface area (Å²) in [5.41, 5.74) is 5.33. The van der Waals surface area contributed by atoms with E-state index >= 15 is 0 Å². The third-order valence-corrected chi connectivity index (χ3v) is 4.95. The summed E-state index contributed by atoms with van der Waals surface area (Å²) in [4.78, 5) is 13.8. The fourth-order valence-corrected chi connectivity index (χ4v) is 3.26. The molecular weight excluding hydrogens is 421 g/mol. The standard InChI is InChI=1S/C25H24N3O3P/c32-31-16-14-29-13-15-30-21-9-7-19(8-10-21)20-17-24(22-5-1-3-11-26-22)28-25(18-20)23-6-2-4-12-27-23/h1-12,17-18H,13-16,32H2. The fourth-order valence-electron chi connectivity index (χ4n) is 3.16. The van der Waals surface area contributed by atoms with E-state index in [0.717, 1.165) is 39.7 Å². The van der Waals surface area contributed by atoms with Crippen LogP contribution in [0.15, 0.2) is 85.2 Å². The van der Waals surface area contributed by atoms with Crippen LogP contribution in [-0.2, 0) is 9.26 Å². The second-order valence-corrected chi connectivity index (χ2v) is 7.25. The van der Waals surface area contributed by atoms with Crippen LogP contribution in [0.4, 0.5) is 0 Å². The van der Waals surface area contributed by atoms with E-state index in [1.54, 1.807) is 12.4 Å². The second kappa shape index (κ2) is 11.4. The van der Waals surface area contributed by atoms with E-state index in [2.05, 4.69) is 19.4 Å². The smallest absolute Gasteiger partial charge is 0.119 e. The maximum atomic E-state index is 5.76. The molecule has 4 rings (SSSR count). The Kier molecular flexibility index (Phi) is 7.88. The minimum absolute atomic E-state index is 0.485. The van der Waals surface area contributed by atoms with Crippen molar-refractivity contribution < 1.29 is 14.0 Å². The summed E-state index contributed by atoms with van der Waals surface area (Å²) in [6, 6.07) is 23.7. The summed E-state index contributed by atoms with van der Waals surface area (Å²) in [5.74, 6) is 0.795. The summed E-state index contributed by atoms with van der Waals surface area (Å²) in [6.07, 6.45) is 3.54. The lowest BCUT2D eigenvalue weighted by Crippen LogP contribution is -2.09. The molecule has 0 radical (unpaired) electrons. The SMILES string of the molecule is POCCOCCOc1ccc(-c2cc(-c3ccccn3)nc(-c3ccccn3)c2)cc1. The molecule has 4 aromatic rings. The van der Waals surface area contributed by atoms with E-state index in [4.69, 9.17) is 19.0 Å². The quantitative estimate of drug-likeness (QED) is 0.251. The van der Waals surface area contributed by atoms with Crippen LogP contribution in [0.25, 0.3) is 33.9 Å². The van der Waals surface area contributed by atoms with Crippen LogP contribution < -0.4 is 4.74 Å². The Hall–Kier alpha value is -3.18. The molecule has 0 spiro atoms. The first-order valence-corrected chi connectivity index (χ1v) is 10.8. The first-order chi connectivity index (χ1) is 15.8. The molecule has 0 bridgehead atoms. The Balaban J connectivity index is 1.56. The maximum absolute atomic E-state index is 5.76. The number of aromatic nitrogens is 3. The molecule has 0 fully saturated rings. The van der Waals surface area contributed by atoms with Gasteiger partial charge in [-0.3, -0.25) is 9.97 Å². The van der Waals surface area contributed by atoms with Crippen LogP contribution in [0.1, 0.15) is 0 Å². The Labute approximate surface area is 189 Å². The van der Waals surface area contributed by atoms with Crippen molar-refractivity contribution in [2.75, 3.05) is 26.4 Å². The van der Waals surface area contributed by atoms with Gasteiger partial charge in [-0.2, -0.15) is 0 Å². The van der Waals surface area contributed by atoms with E-state index in [-0.39, 0.29) is 0 Å². The summed E-state index contributed by atoms with van der Waals surface area (Å²) in [7, 11) is 2.21. The van der Waals surface area contributed by atoms with Gasteiger partial charge in [0.05, 0.1) is 42.6 Å². The Morgan fingerprint density at radius 1 is 0.625 bits per heavy atom. The van der Waals surface area contributed by atoms with Gasteiger partial charge >= 0.3 is 0 Å². The largest absolute Gasteiger partial charge is 0.491 e. The van der Waals surface area contributed by atoms with Crippen molar-refractivity contribution in [3.8, 4) is 39.7 Å². The first-order valence-electron chi connectivity index (χ1n) is 10.3. The summed E-state index contributed by atoms with van der Waals surface area (Å²) < 4.78 is 16.1. The molecule has 32 heavy (non-hydrogen) atoms. The van der Waals surface area contributed by atoms with Crippen LogP contribution in [0.5, 0.6) is 5.75 Å². The molecule has 3 heterocycles. The fraction of sp³-hybridized carbons (Fsp3) is 0.160. The molecule has 0 amide bonds. The van der Waals surface area contributed by atoms with Crippen molar-refractivity contribution in [1.82, 2.24) is 15.0 Å². The van der Waals surface area contributed by atoms with Gasteiger partial charge < -0.3 is 14.0 Å². The van der Waals surface area contributed by atoms with Gasteiger partial charge in [0.25, 0.3) is 0 Å². The highest BCUT2D eigenvalue weighted by Crippen LogP contribution is 2.29. The number of ether oxygens (including phenoxy) is 2. The lowest BCUT2D eigenvalue weighted by atomic mass is 10.0. The van der Waals surface area contributed by atoms with Crippen LogP contribution >= 0.6 is 9.47 Å². The van der Waals surface area contributed by atoms with Crippen molar-refractivity contribution in [3.05, 3.63) is 85.2 Å². The number of benzene rings is 1. The van der Waals surface area contributed by atoms with Crippen LogP contribution in [-0.4, -0.2) is 41.4 Å². The van der Waals surface area contributed by atoms with Gasteiger partial charge in [0.2, 0.25) is 0 Å². The molecule has 1 aromatic carbocycles. The molecule has 6 nitrogen and oxygen atoms in total. The highest BCUT2D eigenvalue weighted by atomic mass is 31.0. The van der Waals surface area contributed by atoms with Crippen LogP contribution in [0, 0.1) is 0 Å². The average molecular weight is 445 g/mol. The van der Waals surface area contributed by atoms with Gasteiger partial charge in [0.15, 0.2) is 0 Å². The van der Waals surface area contributed by atoms with Crippen molar-refractivity contribution in [1.29, 1.82) is 0 Å². The predicted molar refractivity (Wildman–Crippen MR) is 128 cm³/mol. The van der Waals surface area contributed by atoms with Gasteiger partial charge in [0.1, 0.15) is 12.4 Å². The van der Waals surface area contributed by atoms with Crippen molar-refractivity contribution >= 4 is 9.47 Å². The zero-order valence-corrected chi connectivity index (χ0v) is 18.7. The lowest BCUT2D eigenvalue weighted by Gasteiger charge is -2.11. The highest BCUT2D eigenvalue weighted by molar-refractivity contribution is 7.09. The molecule has 0 saturated carbocycles. The van der Waals surface area contributed by atoms with Crippen molar-refractivity contribution in [3.63, 3.8) is 0 Å². The molecule has 0 saturated heterocycles. The number of hydrogen-bond acceptors (Lipinski definition) is 6. The molecule has 3 aromatic heterocycles. The highest BCUT2D eigenvalue weighted by Gasteiger charge is 2.10. The normalized spacial score (nSPS) is 10.8. The molecule has 0 aliphatic carbocycles. The van der Waals surface area contributed by atoms with E-state index in [1.165, 1.54) is 0 Å². The minimum atomic E-state index is 0.485. The topological polar surface area (TPSA) is 66.4 Å². The molecular formula is C25H24N3O3P. The molecule has 0 aliphatic rings. The van der Waals surface area contributed by atoms with E-state index in [9.17, 15) is 0 Å². The molecule has 1 atom stereocenters. The number of rotatable bonds is 10. The van der Waals surface area contributed by atoms with Crippen molar-refractivity contribution in [2.24, 2.45) is 0 Å². The Bertz CT molecular complexity index is 1050. The molecule has 1 unspecified atom stereocenters. The van der Waals surface area contributed by atoms with E-state index in [0.29, 0.717) is 26.4 Å². The van der Waals surface area contributed by atoms with Gasteiger partial charge in [0, 0.05) is 21.9 Å². The second-order valence-electron chi connectivity index (χ2n) is 6.91. The first kappa shape index (κ1) is 22.0. The predicted octanol–water partition coefficient (Wildman–Crippen LogP) is 5.07. The zero-order valence-electron chi connectivity index (χ0n) is 17.6. The average Bonchev–Trinajstić information content (AvgIpc) is 2.87. The molecule has 0 N–H and O–H groups in total. The summed E-state index contributed by atoms with van der Waals surface area (Å²) in [5, 5.41) is 0. The Morgan fingerprint density at radius 2 is 1.25 bits per heavy atom. The minimum Gasteiger partial charge on any atom is -0.491 e. The maximum Gasteiger partial charge on any atom is 0.119 e. The monoisotopic (exact) mass is 445 g/mol. The van der Waals surface area contributed by atoms with Crippen LogP contribution in [0.3, 0.4) is 0 Å². The molecule has 0 aliphatic heterocycles. The van der Waals surface area contributed by atoms with Crippen LogP contribution in [0.2, 0.25) is 0 Å². The van der Waals surface area contributed by atoms with E-state index in [1.807, 2.05) is 72.8 Å².